The monoisotopic (exact) mass is 403 g/mol. The van der Waals surface area contributed by atoms with Crippen LogP contribution in [-0.2, 0) is 0 Å². The molecule has 0 spiro atoms. The fourth-order valence-electron chi connectivity index (χ4n) is 2.38. The van der Waals surface area contributed by atoms with E-state index >= 15 is 0 Å². The van der Waals surface area contributed by atoms with Gasteiger partial charge in [-0.3, -0.25) is 0 Å². The minimum absolute atomic E-state index is 0.267. The van der Waals surface area contributed by atoms with Crippen LogP contribution in [0, 0.1) is 19.7 Å². The highest BCUT2D eigenvalue weighted by atomic mass is 79.9. The summed E-state index contributed by atoms with van der Waals surface area (Å²) in [6.45, 7) is 9.43. The number of aryl methyl sites for hydroxylation is 2. The van der Waals surface area contributed by atoms with E-state index in [1.807, 2.05) is 32.0 Å². The molecule has 0 aliphatic rings. The molecule has 2 aromatic rings. The Morgan fingerprint density at radius 1 is 1.28 bits per heavy atom. The van der Waals surface area contributed by atoms with E-state index < -0.39 is 11.8 Å². The Balaban J connectivity index is 2.14. The highest BCUT2D eigenvalue weighted by molar-refractivity contribution is 9.10. The van der Waals surface area contributed by atoms with Gasteiger partial charge in [-0.15, -0.1) is 0 Å². The average molecular weight is 404 g/mol. The Morgan fingerprint density at radius 3 is 2.52 bits per heavy atom. The van der Waals surface area contributed by atoms with E-state index in [1.54, 1.807) is 13.0 Å². The highest BCUT2D eigenvalue weighted by Gasteiger charge is 2.10. The second kappa shape index (κ2) is 8.07. The Labute approximate surface area is 155 Å². The molecule has 0 heterocycles. The third kappa shape index (κ3) is 4.76. The summed E-state index contributed by atoms with van der Waals surface area (Å²) in [6.07, 6.45) is 1.27. The van der Waals surface area contributed by atoms with Crippen molar-refractivity contribution >= 4 is 39.4 Å². The lowest BCUT2D eigenvalue weighted by molar-refractivity contribution is 0.252. The Morgan fingerprint density at radius 2 is 1.92 bits per heavy atom. The van der Waals surface area contributed by atoms with Gasteiger partial charge in [0, 0.05) is 15.7 Å². The smallest absolute Gasteiger partial charge is 0.306 e. The molecule has 2 N–H and O–H groups in total. The highest BCUT2D eigenvalue weighted by Crippen LogP contribution is 2.24. The van der Waals surface area contributed by atoms with Crippen molar-refractivity contribution in [1.82, 2.24) is 5.43 Å². The number of allylic oxidation sites excluding steroid dienone is 1. The number of para-hydroxylation sites is 1. The molecular weight excluding hydrogens is 385 g/mol. The van der Waals surface area contributed by atoms with E-state index in [-0.39, 0.29) is 5.56 Å². The fraction of sp³-hybridized carbons (Fsp3) is 0.158. The molecule has 0 fully saturated rings. The van der Waals surface area contributed by atoms with Gasteiger partial charge < -0.3 is 5.32 Å². The molecule has 0 saturated carbocycles. The molecule has 0 unspecified atom stereocenters. The zero-order chi connectivity index (χ0) is 18.6. The quantitative estimate of drug-likeness (QED) is 0.521. The largest absolute Gasteiger partial charge is 0.339 e. The molecule has 0 atom stereocenters. The first kappa shape index (κ1) is 18.9. The number of nitrogens with one attached hydrogen (secondary N) is 2. The number of hydrazone groups is 1. The van der Waals surface area contributed by atoms with Crippen LogP contribution in [0.2, 0.25) is 0 Å². The van der Waals surface area contributed by atoms with Crippen molar-refractivity contribution < 1.29 is 9.18 Å². The van der Waals surface area contributed by atoms with E-state index in [0.717, 1.165) is 16.8 Å². The van der Waals surface area contributed by atoms with Crippen LogP contribution in [0.25, 0.3) is 5.57 Å². The number of urea groups is 1. The first-order chi connectivity index (χ1) is 11.8. The molecule has 0 bridgehead atoms. The zero-order valence-electron chi connectivity index (χ0n) is 14.3. The first-order valence-corrected chi connectivity index (χ1v) is 8.40. The lowest BCUT2D eigenvalue weighted by atomic mass is 10.0. The van der Waals surface area contributed by atoms with Crippen molar-refractivity contribution in [2.75, 3.05) is 5.32 Å². The molecule has 2 amide bonds. The summed E-state index contributed by atoms with van der Waals surface area (Å²) in [6, 6.07) is 8.32. The topological polar surface area (TPSA) is 53.5 Å². The molecule has 0 saturated heterocycles. The van der Waals surface area contributed by atoms with Gasteiger partial charge in [-0.05, 0) is 49.6 Å². The van der Waals surface area contributed by atoms with Crippen molar-refractivity contribution in [3.63, 3.8) is 0 Å². The van der Waals surface area contributed by atoms with Crippen LogP contribution >= 0.6 is 15.9 Å². The van der Waals surface area contributed by atoms with Crippen LogP contribution < -0.4 is 10.7 Å². The van der Waals surface area contributed by atoms with Crippen molar-refractivity contribution in [3.05, 3.63) is 69.5 Å². The number of rotatable bonds is 4. The van der Waals surface area contributed by atoms with Gasteiger partial charge >= 0.3 is 6.03 Å². The summed E-state index contributed by atoms with van der Waals surface area (Å²) in [5, 5.41) is 6.59. The van der Waals surface area contributed by atoms with E-state index in [1.165, 1.54) is 12.3 Å². The zero-order valence-corrected chi connectivity index (χ0v) is 15.9. The molecular formula is C19H19BrFN3O. The van der Waals surface area contributed by atoms with E-state index in [4.69, 9.17) is 0 Å². The summed E-state index contributed by atoms with van der Waals surface area (Å²) in [7, 11) is 0. The SMILES string of the molecule is C=C(C)c1cc(Br)cc(F)c1/C=N/NC(=O)Nc1c(C)cccc1C. The van der Waals surface area contributed by atoms with Gasteiger partial charge in [-0.25, -0.2) is 14.6 Å². The van der Waals surface area contributed by atoms with Crippen LogP contribution in [0.15, 0.2) is 46.5 Å². The minimum Gasteiger partial charge on any atom is -0.306 e. The molecule has 25 heavy (non-hydrogen) atoms. The molecule has 4 nitrogen and oxygen atoms in total. The van der Waals surface area contributed by atoms with Gasteiger partial charge in [0.15, 0.2) is 0 Å². The van der Waals surface area contributed by atoms with Crippen LogP contribution in [0.4, 0.5) is 14.9 Å². The predicted molar refractivity (Wildman–Crippen MR) is 104 cm³/mol. The van der Waals surface area contributed by atoms with Gasteiger partial charge in [0.05, 0.1) is 6.21 Å². The summed E-state index contributed by atoms with van der Waals surface area (Å²) in [4.78, 5) is 12.0. The molecule has 130 valence electrons. The number of amides is 2. The van der Waals surface area contributed by atoms with E-state index in [2.05, 4.69) is 38.4 Å². The lowest BCUT2D eigenvalue weighted by Crippen LogP contribution is -2.25. The molecule has 0 aliphatic carbocycles. The second-order valence-electron chi connectivity index (χ2n) is 5.72. The number of hydrogen-bond donors (Lipinski definition) is 2. The predicted octanol–water partition coefficient (Wildman–Crippen LogP) is 5.39. The van der Waals surface area contributed by atoms with Gasteiger partial charge in [0.2, 0.25) is 0 Å². The number of benzene rings is 2. The number of carbonyl (C=O) groups is 1. The lowest BCUT2D eigenvalue weighted by Gasteiger charge is -2.11. The van der Waals surface area contributed by atoms with E-state index in [0.29, 0.717) is 15.6 Å². The van der Waals surface area contributed by atoms with Crippen LogP contribution in [0.1, 0.15) is 29.2 Å². The van der Waals surface area contributed by atoms with Crippen molar-refractivity contribution in [3.8, 4) is 0 Å². The first-order valence-electron chi connectivity index (χ1n) is 7.60. The second-order valence-corrected chi connectivity index (χ2v) is 6.64. The van der Waals surface area contributed by atoms with Gasteiger partial charge in [-0.1, -0.05) is 46.3 Å². The average Bonchev–Trinajstić information content (AvgIpc) is 2.52. The number of halogens is 2. The summed E-state index contributed by atoms with van der Waals surface area (Å²) >= 11 is 3.25. The van der Waals surface area contributed by atoms with E-state index in [9.17, 15) is 9.18 Å². The van der Waals surface area contributed by atoms with Crippen LogP contribution in [0.3, 0.4) is 0 Å². The summed E-state index contributed by atoms with van der Waals surface area (Å²) in [5.74, 6) is -0.451. The van der Waals surface area contributed by atoms with Crippen molar-refractivity contribution in [1.29, 1.82) is 0 Å². The van der Waals surface area contributed by atoms with Crippen LogP contribution in [0.5, 0.6) is 0 Å². The number of nitrogens with zero attached hydrogens (tertiary/aromatic N) is 1. The Bertz CT molecular complexity index is 842. The Hall–Kier alpha value is -2.47. The van der Waals surface area contributed by atoms with Gasteiger partial charge in [0.1, 0.15) is 5.82 Å². The Kier molecular flexibility index (Phi) is 6.09. The molecule has 0 aromatic heterocycles. The molecule has 0 aliphatic heterocycles. The number of carbonyl (C=O) groups excluding carboxylic acids is 1. The summed E-state index contributed by atoms with van der Waals surface area (Å²) < 4.78 is 14.8. The summed E-state index contributed by atoms with van der Waals surface area (Å²) in [5.41, 5.74) is 6.56. The van der Waals surface area contributed by atoms with Gasteiger partial charge in [-0.2, -0.15) is 5.10 Å². The van der Waals surface area contributed by atoms with Crippen molar-refractivity contribution in [2.45, 2.75) is 20.8 Å². The third-order valence-corrected chi connectivity index (χ3v) is 4.09. The molecule has 0 radical (unpaired) electrons. The fourth-order valence-corrected chi connectivity index (χ4v) is 2.81. The normalized spacial score (nSPS) is 10.8. The standard InChI is InChI=1S/C19H19BrFN3O/c1-11(2)15-8-14(20)9-17(21)16(15)10-22-24-19(25)23-18-12(3)6-5-7-13(18)4/h5-10H,1H2,2-4H3,(H2,23,24,25)/b22-10+. The third-order valence-electron chi connectivity index (χ3n) is 3.63. The number of anilines is 1. The maximum atomic E-state index is 14.2. The molecule has 2 rings (SSSR count). The van der Waals surface area contributed by atoms with Crippen molar-refractivity contribution in [2.24, 2.45) is 5.10 Å². The number of hydrogen-bond acceptors (Lipinski definition) is 2. The maximum Gasteiger partial charge on any atom is 0.339 e. The molecule has 6 heteroatoms. The minimum atomic E-state index is -0.497. The maximum absolute atomic E-state index is 14.2. The van der Waals surface area contributed by atoms with Gasteiger partial charge in [0.25, 0.3) is 0 Å². The molecule has 2 aromatic carbocycles. The van der Waals surface area contributed by atoms with Crippen LogP contribution in [-0.4, -0.2) is 12.2 Å².